The van der Waals surface area contributed by atoms with E-state index in [-0.39, 0.29) is 30.0 Å². The molecule has 1 aromatic heterocycles. The summed E-state index contributed by atoms with van der Waals surface area (Å²) in [5, 5.41) is 4.22. The molecule has 0 saturated carbocycles. The molecular formula is C19H27N5O3. The summed E-state index contributed by atoms with van der Waals surface area (Å²) in [5.41, 5.74) is 0.600. The van der Waals surface area contributed by atoms with Crippen molar-refractivity contribution in [2.75, 3.05) is 37.6 Å². The van der Waals surface area contributed by atoms with Gasteiger partial charge in [-0.05, 0) is 32.1 Å². The van der Waals surface area contributed by atoms with Gasteiger partial charge in [0, 0.05) is 51.3 Å². The molecule has 2 amide bonds. The smallest absolute Gasteiger partial charge is 0.269 e. The number of carbonyl (C=O) groups excluding carboxylic acids is 2. The number of likely N-dealkylation sites (tertiary alicyclic amines) is 2. The van der Waals surface area contributed by atoms with Crippen molar-refractivity contribution in [2.45, 2.75) is 51.1 Å². The molecule has 8 heteroatoms. The number of hydrogen-bond acceptors (Lipinski definition) is 5. The van der Waals surface area contributed by atoms with Crippen molar-refractivity contribution in [1.29, 1.82) is 0 Å². The zero-order chi connectivity index (χ0) is 18.8. The van der Waals surface area contributed by atoms with Crippen LogP contribution in [0.15, 0.2) is 17.1 Å². The minimum atomic E-state index is -0.240. The first-order chi connectivity index (χ1) is 13.1. The molecule has 1 aromatic rings. The maximum Gasteiger partial charge on any atom is 0.269 e. The lowest BCUT2D eigenvalue weighted by Crippen LogP contribution is -2.51. The maximum atomic E-state index is 12.7. The van der Waals surface area contributed by atoms with Crippen molar-refractivity contribution in [1.82, 2.24) is 19.6 Å². The minimum Gasteiger partial charge on any atom is -0.370 e. The van der Waals surface area contributed by atoms with Crippen LogP contribution in [0.5, 0.6) is 0 Å². The number of nitrogens with zero attached hydrogens (tertiary/aromatic N) is 5. The van der Waals surface area contributed by atoms with Crippen molar-refractivity contribution in [3.8, 4) is 0 Å². The quantitative estimate of drug-likeness (QED) is 0.766. The van der Waals surface area contributed by atoms with E-state index in [1.807, 2.05) is 4.90 Å². The van der Waals surface area contributed by atoms with E-state index in [2.05, 4.69) is 10.00 Å². The topological polar surface area (TPSA) is 78.8 Å². The summed E-state index contributed by atoms with van der Waals surface area (Å²) >= 11 is 0. The van der Waals surface area contributed by atoms with Crippen LogP contribution in [0.1, 0.15) is 38.5 Å². The molecule has 0 unspecified atom stereocenters. The zero-order valence-corrected chi connectivity index (χ0v) is 15.7. The van der Waals surface area contributed by atoms with Gasteiger partial charge >= 0.3 is 0 Å². The largest absolute Gasteiger partial charge is 0.370 e. The van der Waals surface area contributed by atoms with E-state index in [1.165, 1.54) is 4.68 Å². The predicted molar refractivity (Wildman–Crippen MR) is 100 cm³/mol. The van der Waals surface area contributed by atoms with Crippen LogP contribution >= 0.6 is 0 Å². The Labute approximate surface area is 158 Å². The number of anilines is 1. The molecule has 3 saturated heterocycles. The van der Waals surface area contributed by atoms with Crippen LogP contribution in [-0.4, -0.2) is 70.2 Å². The highest BCUT2D eigenvalue weighted by Crippen LogP contribution is 2.22. The van der Waals surface area contributed by atoms with E-state index in [0.29, 0.717) is 19.5 Å². The second-order valence-electron chi connectivity index (χ2n) is 7.73. The number of piperidine rings is 1. The van der Waals surface area contributed by atoms with Crippen molar-refractivity contribution in [3.05, 3.63) is 22.6 Å². The number of hydrogen-bond donors (Lipinski definition) is 0. The van der Waals surface area contributed by atoms with Crippen molar-refractivity contribution in [3.63, 3.8) is 0 Å². The fourth-order valence-electron chi connectivity index (χ4n) is 4.41. The van der Waals surface area contributed by atoms with Gasteiger partial charge in [-0.25, -0.2) is 4.68 Å². The van der Waals surface area contributed by atoms with E-state index >= 15 is 0 Å². The van der Waals surface area contributed by atoms with E-state index in [9.17, 15) is 14.4 Å². The lowest BCUT2D eigenvalue weighted by Gasteiger charge is -2.37. The first kappa shape index (κ1) is 18.0. The first-order valence-corrected chi connectivity index (χ1v) is 10.0. The minimum absolute atomic E-state index is 0.0419. The second-order valence-corrected chi connectivity index (χ2v) is 7.73. The molecule has 3 aliphatic heterocycles. The Kier molecular flexibility index (Phi) is 5.13. The molecule has 0 N–H and O–H groups in total. The van der Waals surface area contributed by atoms with Crippen molar-refractivity contribution < 1.29 is 9.59 Å². The van der Waals surface area contributed by atoms with Crippen LogP contribution in [0.4, 0.5) is 5.69 Å². The highest BCUT2D eigenvalue weighted by atomic mass is 16.2. The predicted octanol–water partition coefficient (Wildman–Crippen LogP) is 0.457. The van der Waals surface area contributed by atoms with Crippen LogP contribution in [0.25, 0.3) is 0 Å². The lowest BCUT2D eigenvalue weighted by molar-refractivity contribution is -0.138. The molecule has 0 bridgehead atoms. The summed E-state index contributed by atoms with van der Waals surface area (Å²) in [7, 11) is 0. The molecule has 4 heterocycles. The Bertz CT molecular complexity index is 771. The van der Waals surface area contributed by atoms with Gasteiger partial charge in [0.2, 0.25) is 11.8 Å². The number of aromatic nitrogens is 2. The fourth-order valence-corrected chi connectivity index (χ4v) is 4.41. The van der Waals surface area contributed by atoms with Gasteiger partial charge in [0.1, 0.15) is 6.54 Å². The van der Waals surface area contributed by atoms with Gasteiger partial charge in [0.05, 0.1) is 11.9 Å². The monoisotopic (exact) mass is 373 g/mol. The summed E-state index contributed by atoms with van der Waals surface area (Å²) in [4.78, 5) is 42.9. The summed E-state index contributed by atoms with van der Waals surface area (Å²) in [6.45, 7) is 3.90. The van der Waals surface area contributed by atoms with E-state index in [0.717, 1.165) is 57.4 Å². The van der Waals surface area contributed by atoms with E-state index in [1.54, 1.807) is 17.2 Å². The molecule has 146 valence electrons. The lowest BCUT2D eigenvalue weighted by atomic mass is 10.0. The fraction of sp³-hybridized carbons (Fsp3) is 0.684. The average molecular weight is 373 g/mol. The van der Waals surface area contributed by atoms with Crippen LogP contribution in [0.2, 0.25) is 0 Å². The summed E-state index contributed by atoms with van der Waals surface area (Å²) in [5.74, 6) is 0.0968. The zero-order valence-electron chi connectivity index (χ0n) is 15.7. The SMILES string of the molecule is O=C(Cn1ncc(N2CCCC2)cc1=O)N1CCC[C@@H](N2CCCC2=O)C1. The van der Waals surface area contributed by atoms with Gasteiger partial charge in [0.15, 0.2) is 0 Å². The van der Waals surface area contributed by atoms with Crippen LogP contribution < -0.4 is 10.5 Å². The molecule has 0 aliphatic carbocycles. The molecule has 1 atom stereocenters. The molecule has 4 rings (SSSR count). The summed E-state index contributed by atoms with van der Waals surface area (Å²) < 4.78 is 1.24. The molecule has 3 fully saturated rings. The van der Waals surface area contributed by atoms with Crippen molar-refractivity contribution >= 4 is 17.5 Å². The van der Waals surface area contributed by atoms with Crippen LogP contribution in [0, 0.1) is 0 Å². The Hall–Kier alpha value is -2.38. The Morgan fingerprint density at radius 1 is 1.07 bits per heavy atom. The highest BCUT2D eigenvalue weighted by molar-refractivity contribution is 5.79. The summed E-state index contributed by atoms with van der Waals surface area (Å²) in [6, 6.07) is 1.69. The third kappa shape index (κ3) is 3.84. The normalized spacial score (nSPS) is 23.3. The van der Waals surface area contributed by atoms with Crippen LogP contribution in [0.3, 0.4) is 0 Å². The van der Waals surface area contributed by atoms with E-state index < -0.39 is 0 Å². The third-order valence-electron chi connectivity index (χ3n) is 5.91. The molecule has 0 radical (unpaired) electrons. The van der Waals surface area contributed by atoms with E-state index in [4.69, 9.17) is 0 Å². The Morgan fingerprint density at radius 2 is 1.89 bits per heavy atom. The Balaban J connectivity index is 1.39. The number of carbonyl (C=O) groups is 2. The molecule has 0 aromatic carbocycles. The van der Waals surface area contributed by atoms with Gasteiger partial charge in [-0.3, -0.25) is 14.4 Å². The standard InChI is InChI=1S/C19H27N5O3/c25-17-6-4-10-23(17)15-5-3-9-22(13-15)19(27)14-24-18(26)11-16(12-20-24)21-7-1-2-8-21/h11-12,15H,1-10,13-14H2/t15-/m1/s1. The molecule has 8 nitrogen and oxygen atoms in total. The molecule has 0 spiro atoms. The van der Waals surface area contributed by atoms with Gasteiger partial charge in [-0.2, -0.15) is 5.10 Å². The third-order valence-corrected chi connectivity index (χ3v) is 5.91. The summed E-state index contributed by atoms with van der Waals surface area (Å²) in [6.07, 6.45) is 7.31. The van der Waals surface area contributed by atoms with Crippen molar-refractivity contribution in [2.24, 2.45) is 0 Å². The number of rotatable bonds is 4. The maximum absolute atomic E-state index is 12.7. The van der Waals surface area contributed by atoms with Gasteiger partial charge < -0.3 is 14.7 Å². The van der Waals surface area contributed by atoms with Gasteiger partial charge in [-0.15, -0.1) is 0 Å². The van der Waals surface area contributed by atoms with Gasteiger partial charge in [-0.1, -0.05) is 0 Å². The van der Waals surface area contributed by atoms with Gasteiger partial charge in [0.25, 0.3) is 5.56 Å². The second kappa shape index (κ2) is 7.70. The average Bonchev–Trinajstić information content (AvgIpc) is 3.35. The molecule has 3 aliphatic rings. The first-order valence-electron chi connectivity index (χ1n) is 10.0. The molecular weight excluding hydrogens is 346 g/mol. The molecule has 27 heavy (non-hydrogen) atoms. The van der Waals surface area contributed by atoms with Crippen LogP contribution in [-0.2, 0) is 16.1 Å². The highest BCUT2D eigenvalue weighted by Gasteiger charge is 2.32. The number of amides is 2. The Morgan fingerprint density at radius 3 is 2.59 bits per heavy atom.